The molecule has 0 aliphatic carbocycles. The van der Waals surface area contributed by atoms with E-state index < -0.39 is 5.91 Å². The quantitative estimate of drug-likeness (QED) is 0.797. The lowest BCUT2D eigenvalue weighted by atomic mass is 10.2. The summed E-state index contributed by atoms with van der Waals surface area (Å²) >= 11 is 0. The van der Waals surface area contributed by atoms with Crippen LogP contribution in [0.5, 0.6) is 5.75 Å². The Hall–Kier alpha value is -2.70. The van der Waals surface area contributed by atoms with Gasteiger partial charge in [0.1, 0.15) is 5.75 Å². The second kappa shape index (κ2) is 5.30. The van der Waals surface area contributed by atoms with Crippen LogP contribution >= 0.6 is 0 Å². The van der Waals surface area contributed by atoms with Gasteiger partial charge < -0.3 is 15.0 Å². The molecule has 0 aliphatic heterocycles. The molecule has 19 heavy (non-hydrogen) atoms. The number of ketones is 1. The highest BCUT2D eigenvalue weighted by Crippen LogP contribution is 2.20. The van der Waals surface area contributed by atoms with Crippen LogP contribution in [0.25, 0.3) is 11.4 Å². The van der Waals surface area contributed by atoms with Crippen molar-refractivity contribution < 1.29 is 18.8 Å². The normalized spacial score (nSPS) is 10.2. The van der Waals surface area contributed by atoms with E-state index in [1.54, 1.807) is 24.3 Å². The van der Waals surface area contributed by atoms with Gasteiger partial charge in [-0.25, -0.2) is 0 Å². The number of nitrogens with two attached hydrogens (primary N) is 1. The fraction of sp³-hybridized carbons (Fsp3) is 0.167. The summed E-state index contributed by atoms with van der Waals surface area (Å²) in [7, 11) is 0. The van der Waals surface area contributed by atoms with Crippen molar-refractivity contribution in [2.45, 2.75) is 6.92 Å². The molecule has 0 fully saturated rings. The topological polar surface area (TPSA) is 108 Å². The third-order valence-corrected chi connectivity index (χ3v) is 2.22. The maximum atomic E-state index is 11.0. The standard InChI is InChI=1S/C12H11N3O4/c1-7(16)12-14-11(15-19-12)8-2-4-9(5-3-8)18-6-10(13)17/h2-5H,6H2,1H3,(H2,13,17). The Morgan fingerprint density at radius 2 is 2.00 bits per heavy atom. The van der Waals surface area contributed by atoms with Gasteiger partial charge in [0.2, 0.25) is 11.6 Å². The van der Waals surface area contributed by atoms with Crippen molar-refractivity contribution in [1.82, 2.24) is 10.1 Å². The number of primary amides is 1. The monoisotopic (exact) mass is 261 g/mol. The minimum absolute atomic E-state index is 0.0379. The molecular formula is C12H11N3O4. The minimum Gasteiger partial charge on any atom is -0.484 e. The van der Waals surface area contributed by atoms with Crippen LogP contribution in [-0.4, -0.2) is 28.4 Å². The number of rotatable bonds is 5. The van der Waals surface area contributed by atoms with Gasteiger partial charge in [0, 0.05) is 12.5 Å². The van der Waals surface area contributed by atoms with Gasteiger partial charge >= 0.3 is 0 Å². The Morgan fingerprint density at radius 3 is 2.53 bits per heavy atom. The van der Waals surface area contributed by atoms with E-state index in [0.29, 0.717) is 17.1 Å². The number of benzene rings is 1. The lowest BCUT2D eigenvalue weighted by Crippen LogP contribution is -2.19. The molecule has 2 aromatic rings. The van der Waals surface area contributed by atoms with Crippen molar-refractivity contribution >= 4 is 11.7 Å². The summed E-state index contributed by atoms with van der Waals surface area (Å²) < 4.78 is 9.90. The molecular weight excluding hydrogens is 250 g/mol. The van der Waals surface area contributed by atoms with E-state index in [-0.39, 0.29) is 18.3 Å². The fourth-order valence-corrected chi connectivity index (χ4v) is 1.34. The van der Waals surface area contributed by atoms with E-state index >= 15 is 0 Å². The van der Waals surface area contributed by atoms with Crippen LogP contribution in [0.1, 0.15) is 17.6 Å². The van der Waals surface area contributed by atoms with E-state index in [0.717, 1.165) is 0 Å². The molecule has 0 atom stereocenters. The number of Topliss-reactive ketones (excluding diaryl/α,β-unsaturated/α-hetero) is 1. The van der Waals surface area contributed by atoms with E-state index in [1.807, 2.05) is 0 Å². The number of ether oxygens (including phenoxy) is 1. The number of carbonyl (C=O) groups is 2. The van der Waals surface area contributed by atoms with Crippen LogP contribution in [0.3, 0.4) is 0 Å². The van der Waals surface area contributed by atoms with Crippen LogP contribution in [0, 0.1) is 0 Å². The summed E-state index contributed by atoms with van der Waals surface area (Å²) in [4.78, 5) is 25.5. The number of aromatic nitrogens is 2. The van der Waals surface area contributed by atoms with Crippen molar-refractivity contribution in [3.05, 3.63) is 30.2 Å². The van der Waals surface area contributed by atoms with Gasteiger partial charge in [0.05, 0.1) is 0 Å². The SMILES string of the molecule is CC(=O)c1nc(-c2ccc(OCC(N)=O)cc2)no1. The lowest BCUT2D eigenvalue weighted by molar-refractivity contribution is -0.119. The molecule has 0 spiro atoms. The molecule has 0 saturated carbocycles. The van der Waals surface area contributed by atoms with Crippen molar-refractivity contribution in [2.24, 2.45) is 5.73 Å². The summed E-state index contributed by atoms with van der Waals surface area (Å²) in [6.45, 7) is 1.16. The Balaban J connectivity index is 2.12. The predicted octanol–water partition coefficient (Wildman–Crippen LogP) is 0.803. The van der Waals surface area contributed by atoms with Crippen molar-refractivity contribution in [1.29, 1.82) is 0 Å². The molecule has 0 unspecified atom stereocenters. The zero-order chi connectivity index (χ0) is 13.8. The first-order chi connectivity index (χ1) is 9.06. The molecule has 0 saturated heterocycles. The number of hydrogen-bond acceptors (Lipinski definition) is 6. The predicted molar refractivity (Wildman–Crippen MR) is 64.4 cm³/mol. The molecule has 1 aromatic heterocycles. The summed E-state index contributed by atoms with van der Waals surface area (Å²) in [6, 6.07) is 6.65. The maximum Gasteiger partial charge on any atom is 0.294 e. The van der Waals surface area contributed by atoms with Gasteiger partial charge in [-0.1, -0.05) is 5.16 Å². The van der Waals surface area contributed by atoms with E-state index in [9.17, 15) is 9.59 Å². The molecule has 2 rings (SSSR count). The van der Waals surface area contributed by atoms with Gasteiger partial charge in [-0.15, -0.1) is 0 Å². The molecule has 2 N–H and O–H groups in total. The molecule has 1 heterocycles. The van der Waals surface area contributed by atoms with Gasteiger partial charge in [-0.2, -0.15) is 4.98 Å². The van der Waals surface area contributed by atoms with Gasteiger partial charge in [-0.05, 0) is 24.3 Å². The molecule has 1 amide bonds. The maximum absolute atomic E-state index is 11.0. The second-order valence-corrected chi connectivity index (χ2v) is 3.76. The number of hydrogen-bond donors (Lipinski definition) is 1. The van der Waals surface area contributed by atoms with Crippen molar-refractivity contribution in [3.8, 4) is 17.1 Å². The van der Waals surface area contributed by atoms with E-state index in [4.69, 9.17) is 15.0 Å². The van der Waals surface area contributed by atoms with Crippen LogP contribution in [0.2, 0.25) is 0 Å². The first-order valence-corrected chi connectivity index (χ1v) is 5.42. The van der Waals surface area contributed by atoms with Crippen LogP contribution in [0.15, 0.2) is 28.8 Å². The number of amides is 1. The smallest absolute Gasteiger partial charge is 0.294 e. The summed E-state index contributed by atoms with van der Waals surface area (Å²) in [6.07, 6.45) is 0. The highest BCUT2D eigenvalue weighted by molar-refractivity contribution is 5.89. The molecule has 98 valence electrons. The second-order valence-electron chi connectivity index (χ2n) is 3.76. The summed E-state index contributed by atoms with van der Waals surface area (Å²) in [5.41, 5.74) is 5.63. The highest BCUT2D eigenvalue weighted by Gasteiger charge is 2.11. The summed E-state index contributed by atoms with van der Waals surface area (Å²) in [5.74, 6) is -0.0675. The number of carbonyl (C=O) groups excluding carboxylic acids is 2. The average Bonchev–Trinajstić information content (AvgIpc) is 2.86. The molecule has 7 nitrogen and oxygen atoms in total. The Bertz CT molecular complexity index is 604. The molecule has 0 bridgehead atoms. The van der Waals surface area contributed by atoms with E-state index in [2.05, 4.69) is 10.1 Å². The third-order valence-electron chi connectivity index (χ3n) is 2.22. The number of nitrogens with zero attached hydrogens (tertiary/aromatic N) is 2. The zero-order valence-electron chi connectivity index (χ0n) is 10.1. The fourth-order valence-electron chi connectivity index (χ4n) is 1.34. The van der Waals surface area contributed by atoms with Gasteiger partial charge in [0.15, 0.2) is 6.61 Å². The van der Waals surface area contributed by atoms with Crippen LogP contribution in [-0.2, 0) is 4.79 Å². The largest absolute Gasteiger partial charge is 0.484 e. The molecule has 7 heteroatoms. The molecule has 1 aromatic carbocycles. The Kier molecular flexibility index (Phi) is 3.56. The van der Waals surface area contributed by atoms with Gasteiger partial charge in [-0.3, -0.25) is 9.59 Å². The zero-order valence-corrected chi connectivity index (χ0v) is 10.1. The van der Waals surface area contributed by atoms with Crippen LogP contribution < -0.4 is 10.5 Å². The van der Waals surface area contributed by atoms with Crippen LogP contribution in [0.4, 0.5) is 0 Å². The molecule has 0 radical (unpaired) electrons. The highest BCUT2D eigenvalue weighted by atomic mass is 16.5. The first-order valence-electron chi connectivity index (χ1n) is 5.42. The van der Waals surface area contributed by atoms with E-state index in [1.165, 1.54) is 6.92 Å². The minimum atomic E-state index is -0.548. The Morgan fingerprint density at radius 1 is 1.32 bits per heavy atom. The third kappa shape index (κ3) is 3.15. The average molecular weight is 261 g/mol. The van der Waals surface area contributed by atoms with Crippen molar-refractivity contribution in [2.75, 3.05) is 6.61 Å². The first kappa shape index (κ1) is 12.7. The van der Waals surface area contributed by atoms with Gasteiger partial charge in [0.25, 0.3) is 11.8 Å². The van der Waals surface area contributed by atoms with Crippen molar-refractivity contribution in [3.63, 3.8) is 0 Å². The lowest BCUT2D eigenvalue weighted by Gasteiger charge is -2.03. The molecule has 0 aliphatic rings. The summed E-state index contributed by atoms with van der Waals surface area (Å²) in [5, 5.41) is 3.69. The Labute approximate surface area is 108 Å².